The Morgan fingerprint density at radius 2 is 1.78 bits per heavy atom. The predicted octanol–water partition coefficient (Wildman–Crippen LogP) is 3.87. The van der Waals surface area contributed by atoms with E-state index in [1.54, 1.807) is 6.07 Å². The third-order valence-corrected chi connectivity index (χ3v) is 4.75. The molecule has 0 bridgehead atoms. The third kappa shape index (κ3) is 3.86. The van der Waals surface area contributed by atoms with Crippen LogP contribution in [0.3, 0.4) is 0 Å². The first kappa shape index (κ1) is 16.9. The fourth-order valence-corrected chi connectivity index (χ4v) is 2.85. The Kier molecular flexibility index (Phi) is 4.98. The Bertz CT molecular complexity index is 904. The summed E-state index contributed by atoms with van der Waals surface area (Å²) in [6, 6.07) is 9.78. The number of anilines is 1. The SMILES string of the molecule is N#CC(=CNc1ccc(F)c(F)c1)S(=O)(=O)c1ccc(Cl)cc1. The zero-order valence-electron chi connectivity index (χ0n) is 11.4. The Morgan fingerprint density at radius 1 is 1.13 bits per heavy atom. The van der Waals surface area contributed by atoms with E-state index in [9.17, 15) is 17.2 Å². The summed E-state index contributed by atoms with van der Waals surface area (Å²) in [6.07, 6.45) is 0.913. The lowest BCUT2D eigenvalue weighted by Gasteiger charge is -2.05. The van der Waals surface area contributed by atoms with E-state index in [1.807, 2.05) is 0 Å². The van der Waals surface area contributed by atoms with Gasteiger partial charge in [0, 0.05) is 23.0 Å². The van der Waals surface area contributed by atoms with Crippen LogP contribution in [0.25, 0.3) is 0 Å². The van der Waals surface area contributed by atoms with Crippen LogP contribution in [-0.4, -0.2) is 8.42 Å². The summed E-state index contributed by atoms with van der Waals surface area (Å²) in [5, 5.41) is 11.9. The fraction of sp³-hybridized carbons (Fsp3) is 0. The van der Waals surface area contributed by atoms with Gasteiger partial charge in [0.25, 0.3) is 0 Å². The number of nitrogens with one attached hydrogen (secondary N) is 1. The van der Waals surface area contributed by atoms with Crippen LogP contribution in [0, 0.1) is 23.0 Å². The van der Waals surface area contributed by atoms with E-state index >= 15 is 0 Å². The molecule has 2 aromatic rings. The van der Waals surface area contributed by atoms with Gasteiger partial charge in [0.2, 0.25) is 9.84 Å². The van der Waals surface area contributed by atoms with Gasteiger partial charge in [-0.25, -0.2) is 17.2 Å². The Hall–Kier alpha value is -2.43. The second-order valence-corrected chi connectivity index (χ2v) is 6.71. The highest BCUT2D eigenvalue weighted by Crippen LogP contribution is 2.21. The van der Waals surface area contributed by atoms with Crippen LogP contribution >= 0.6 is 11.6 Å². The molecule has 118 valence electrons. The number of hydrogen-bond donors (Lipinski definition) is 1. The molecular weight excluding hydrogens is 346 g/mol. The molecule has 8 heteroatoms. The van der Waals surface area contributed by atoms with Gasteiger partial charge >= 0.3 is 0 Å². The molecule has 0 unspecified atom stereocenters. The van der Waals surface area contributed by atoms with Gasteiger partial charge in [-0.1, -0.05) is 11.6 Å². The van der Waals surface area contributed by atoms with Crippen molar-refractivity contribution in [3.8, 4) is 6.07 Å². The first-order chi connectivity index (χ1) is 10.8. The van der Waals surface area contributed by atoms with Gasteiger partial charge in [-0.05, 0) is 36.4 Å². The van der Waals surface area contributed by atoms with E-state index in [4.69, 9.17) is 16.9 Å². The molecule has 0 aliphatic heterocycles. The average Bonchev–Trinajstić information content (AvgIpc) is 2.51. The first-order valence-electron chi connectivity index (χ1n) is 6.17. The van der Waals surface area contributed by atoms with Crippen LogP contribution in [0.1, 0.15) is 0 Å². The molecule has 0 fully saturated rings. The van der Waals surface area contributed by atoms with Crippen LogP contribution in [0.5, 0.6) is 0 Å². The van der Waals surface area contributed by atoms with Gasteiger partial charge in [-0.2, -0.15) is 5.26 Å². The van der Waals surface area contributed by atoms with Crippen LogP contribution in [0.4, 0.5) is 14.5 Å². The number of hydrogen-bond acceptors (Lipinski definition) is 4. The second kappa shape index (κ2) is 6.77. The molecule has 2 rings (SSSR count). The largest absolute Gasteiger partial charge is 0.360 e. The minimum atomic E-state index is -4.05. The summed E-state index contributed by atoms with van der Waals surface area (Å²) in [5.41, 5.74) is 0.1000. The minimum absolute atomic E-state index is 0.1000. The van der Waals surface area contributed by atoms with Crippen molar-refractivity contribution in [2.24, 2.45) is 0 Å². The third-order valence-electron chi connectivity index (χ3n) is 2.81. The lowest BCUT2D eigenvalue weighted by molar-refractivity contribution is 0.509. The van der Waals surface area contributed by atoms with E-state index in [0.717, 1.165) is 18.3 Å². The van der Waals surface area contributed by atoms with Crippen molar-refractivity contribution in [1.82, 2.24) is 0 Å². The van der Waals surface area contributed by atoms with Crippen LogP contribution in [-0.2, 0) is 9.84 Å². The summed E-state index contributed by atoms with van der Waals surface area (Å²) in [6.45, 7) is 0. The van der Waals surface area contributed by atoms with E-state index in [2.05, 4.69) is 5.32 Å². The first-order valence-corrected chi connectivity index (χ1v) is 8.03. The Labute approximate surface area is 136 Å². The number of nitriles is 1. The summed E-state index contributed by atoms with van der Waals surface area (Å²) in [7, 11) is -4.05. The normalized spacial score (nSPS) is 11.8. The predicted molar refractivity (Wildman–Crippen MR) is 82.3 cm³/mol. The standard InChI is InChI=1S/C15H9ClF2N2O2S/c16-10-1-4-12(5-2-10)23(21,22)13(8-19)9-20-11-3-6-14(17)15(18)7-11/h1-7,9,20H. The summed E-state index contributed by atoms with van der Waals surface area (Å²) in [5.74, 6) is -2.13. The molecule has 0 saturated heterocycles. The number of nitrogens with zero attached hydrogens (tertiary/aromatic N) is 1. The van der Waals surface area contributed by atoms with Crippen molar-refractivity contribution in [2.75, 3.05) is 5.32 Å². The Morgan fingerprint density at radius 3 is 2.35 bits per heavy atom. The molecule has 1 N–H and O–H groups in total. The smallest absolute Gasteiger partial charge is 0.218 e. The van der Waals surface area contributed by atoms with Crippen molar-refractivity contribution in [2.45, 2.75) is 4.90 Å². The molecule has 23 heavy (non-hydrogen) atoms. The van der Waals surface area contributed by atoms with Gasteiger partial charge in [0.15, 0.2) is 16.5 Å². The van der Waals surface area contributed by atoms with E-state index in [1.165, 1.54) is 30.3 Å². The topological polar surface area (TPSA) is 70.0 Å². The molecule has 0 aliphatic carbocycles. The zero-order chi connectivity index (χ0) is 17.0. The van der Waals surface area contributed by atoms with Gasteiger partial charge < -0.3 is 5.32 Å². The summed E-state index contributed by atoms with van der Waals surface area (Å²) in [4.78, 5) is -0.689. The van der Waals surface area contributed by atoms with Crippen molar-refractivity contribution >= 4 is 27.1 Å². The van der Waals surface area contributed by atoms with Gasteiger partial charge in [-0.3, -0.25) is 0 Å². The summed E-state index contributed by atoms with van der Waals surface area (Å²) < 4.78 is 50.5. The molecule has 0 aromatic heterocycles. The van der Waals surface area contributed by atoms with Crippen molar-refractivity contribution in [1.29, 1.82) is 5.26 Å². The molecule has 4 nitrogen and oxygen atoms in total. The number of allylic oxidation sites excluding steroid dienone is 1. The van der Waals surface area contributed by atoms with Crippen LogP contribution in [0.15, 0.2) is 58.5 Å². The Balaban J connectivity index is 2.32. The molecule has 0 atom stereocenters. The number of sulfone groups is 1. The monoisotopic (exact) mass is 354 g/mol. The van der Waals surface area contributed by atoms with Crippen molar-refractivity contribution in [3.63, 3.8) is 0 Å². The molecule has 0 radical (unpaired) electrons. The highest BCUT2D eigenvalue weighted by molar-refractivity contribution is 7.95. The number of benzene rings is 2. The van der Waals surface area contributed by atoms with Gasteiger partial charge in [-0.15, -0.1) is 0 Å². The van der Waals surface area contributed by atoms with E-state index < -0.39 is 26.4 Å². The molecule has 2 aromatic carbocycles. The van der Waals surface area contributed by atoms with Crippen molar-refractivity contribution in [3.05, 3.63) is 70.2 Å². The molecular formula is C15H9ClF2N2O2S. The highest BCUT2D eigenvalue weighted by Gasteiger charge is 2.20. The van der Waals surface area contributed by atoms with Gasteiger partial charge in [0.1, 0.15) is 6.07 Å². The van der Waals surface area contributed by atoms with E-state index in [0.29, 0.717) is 5.02 Å². The maximum Gasteiger partial charge on any atom is 0.218 e. The maximum atomic E-state index is 13.1. The average molecular weight is 355 g/mol. The zero-order valence-corrected chi connectivity index (χ0v) is 13.0. The lowest BCUT2D eigenvalue weighted by atomic mass is 10.3. The van der Waals surface area contributed by atoms with Crippen LogP contribution < -0.4 is 5.32 Å². The number of halogens is 3. The van der Waals surface area contributed by atoms with E-state index in [-0.39, 0.29) is 10.6 Å². The quantitative estimate of drug-likeness (QED) is 0.846. The van der Waals surface area contributed by atoms with Gasteiger partial charge in [0.05, 0.1) is 4.90 Å². The molecule has 0 aliphatic rings. The molecule has 0 heterocycles. The van der Waals surface area contributed by atoms with Crippen molar-refractivity contribution < 1.29 is 17.2 Å². The lowest BCUT2D eigenvalue weighted by Crippen LogP contribution is -2.05. The highest BCUT2D eigenvalue weighted by atomic mass is 35.5. The fourth-order valence-electron chi connectivity index (χ4n) is 1.65. The minimum Gasteiger partial charge on any atom is -0.360 e. The molecule has 0 amide bonds. The molecule has 0 saturated carbocycles. The second-order valence-electron chi connectivity index (χ2n) is 4.35. The molecule has 0 spiro atoms. The summed E-state index contributed by atoms with van der Waals surface area (Å²) >= 11 is 5.69. The van der Waals surface area contributed by atoms with Crippen LogP contribution in [0.2, 0.25) is 5.02 Å². The number of rotatable bonds is 4. The maximum absolute atomic E-state index is 13.1.